The van der Waals surface area contributed by atoms with Crippen molar-refractivity contribution in [2.24, 2.45) is 0 Å². The van der Waals surface area contributed by atoms with Gasteiger partial charge >= 0.3 is 0 Å². The molecule has 0 bridgehead atoms. The maximum Gasteiger partial charge on any atom is 0.230 e. The Morgan fingerprint density at radius 3 is 2.65 bits per heavy atom. The van der Waals surface area contributed by atoms with Gasteiger partial charge in [0.15, 0.2) is 0 Å². The zero-order valence-corrected chi connectivity index (χ0v) is 11.3. The van der Waals surface area contributed by atoms with E-state index in [1.54, 1.807) is 19.2 Å². The second kappa shape index (κ2) is 5.91. The van der Waals surface area contributed by atoms with E-state index in [2.05, 4.69) is 15.9 Å². The predicted molar refractivity (Wildman–Crippen MR) is 65.9 cm³/mol. The van der Waals surface area contributed by atoms with E-state index in [1.807, 2.05) is 0 Å². The molecule has 5 heteroatoms. The number of carbonyl (C=O) groups is 2. The molecule has 0 N–H and O–H groups in total. The van der Waals surface area contributed by atoms with Gasteiger partial charge in [-0.3, -0.25) is 9.59 Å². The van der Waals surface area contributed by atoms with Crippen molar-refractivity contribution in [1.82, 2.24) is 4.90 Å². The third-order valence-electron chi connectivity index (χ3n) is 2.24. The van der Waals surface area contributed by atoms with Gasteiger partial charge in [-0.2, -0.15) is 0 Å². The normalized spacial score (nSPS) is 10.1. The number of ketones is 1. The largest absolute Gasteiger partial charge is 0.341 e. The molecule has 3 nitrogen and oxygen atoms in total. The summed E-state index contributed by atoms with van der Waals surface area (Å²) in [6, 6.07) is 4.55. The predicted octanol–water partition coefficient (Wildman–Crippen LogP) is 2.53. The number of nitrogens with zero attached hydrogens (tertiary/aromatic N) is 1. The summed E-state index contributed by atoms with van der Waals surface area (Å²) in [6.45, 7) is 1.50. The molecule has 17 heavy (non-hydrogen) atoms. The number of Topliss-reactive ketones (excluding diaryl/α,β-unsaturated/α-hetero) is 1. The third-order valence-corrected chi connectivity index (χ3v) is 2.73. The molecular weight excluding hydrogens is 289 g/mol. The van der Waals surface area contributed by atoms with Crippen molar-refractivity contribution in [3.05, 3.63) is 34.1 Å². The number of hydrogen-bond donors (Lipinski definition) is 0. The summed E-state index contributed by atoms with van der Waals surface area (Å²) in [6.07, 6.45) is -0.147. The standard InChI is InChI=1S/C12H13BrFNO2/c1-8(16)5-12(17)15(2)7-9-6-10(13)3-4-11(9)14/h3-4,6H,5,7H2,1-2H3. The van der Waals surface area contributed by atoms with Crippen LogP contribution in [0.15, 0.2) is 22.7 Å². The smallest absolute Gasteiger partial charge is 0.230 e. The van der Waals surface area contributed by atoms with E-state index in [0.717, 1.165) is 4.47 Å². The minimum absolute atomic E-state index is 0.147. The Labute approximate surface area is 108 Å². The molecule has 0 unspecified atom stereocenters. The molecule has 0 radical (unpaired) electrons. The van der Waals surface area contributed by atoms with Crippen LogP contribution < -0.4 is 0 Å². The van der Waals surface area contributed by atoms with Gasteiger partial charge in [-0.15, -0.1) is 0 Å². The highest BCUT2D eigenvalue weighted by Gasteiger charge is 2.13. The van der Waals surface area contributed by atoms with E-state index in [4.69, 9.17) is 0 Å². The molecule has 0 aliphatic heterocycles. The Hall–Kier alpha value is -1.23. The zero-order valence-electron chi connectivity index (χ0n) is 9.67. The highest BCUT2D eigenvalue weighted by atomic mass is 79.9. The number of rotatable bonds is 4. The van der Waals surface area contributed by atoms with Crippen molar-refractivity contribution in [1.29, 1.82) is 0 Å². The molecule has 1 rings (SSSR count). The molecule has 0 saturated heterocycles. The molecule has 0 atom stereocenters. The molecule has 1 aromatic carbocycles. The number of benzene rings is 1. The number of carbonyl (C=O) groups excluding carboxylic acids is 2. The lowest BCUT2D eigenvalue weighted by molar-refractivity contribution is -0.134. The SMILES string of the molecule is CC(=O)CC(=O)N(C)Cc1cc(Br)ccc1F. The first-order chi connectivity index (χ1) is 7.90. The van der Waals surface area contributed by atoms with E-state index in [1.165, 1.54) is 17.9 Å². The molecule has 0 spiro atoms. The molecule has 0 heterocycles. The van der Waals surface area contributed by atoms with E-state index < -0.39 is 0 Å². The first kappa shape index (κ1) is 13.8. The maximum absolute atomic E-state index is 13.4. The molecule has 0 aliphatic rings. The van der Waals surface area contributed by atoms with Crippen molar-refractivity contribution in [3.63, 3.8) is 0 Å². The summed E-state index contributed by atoms with van der Waals surface area (Å²) in [5.41, 5.74) is 0.416. The summed E-state index contributed by atoms with van der Waals surface area (Å²) < 4.78 is 14.2. The maximum atomic E-state index is 13.4. The van der Waals surface area contributed by atoms with Gasteiger partial charge in [-0.25, -0.2) is 4.39 Å². The Morgan fingerprint density at radius 2 is 2.06 bits per heavy atom. The molecule has 0 aromatic heterocycles. The summed E-state index contributed by atoms with van der Waals surface area (Å²) in [7, 11) is 1.55. The summed E-state index contributed by atoms with van der Waals surface area (Å²) >= 11 is 3.24. The Balaban J connectivity index is 2.73. The molecule has 0 aliphatic carbocycles. The monoisotopic (exact) mass is 301 g/mol. The summed E-state index contributed by atoms with van der Waals surface area (Å²) in [5.74, 6) is -0.871. The third kappa shape index (κ3) is 4.26. The van der Waals surface area contributed by atoms with E-state index >= 15 is 0 Å². The lowest BCUT2D eigenvalue weighted by Gasteiger charge is -2.17. The van der Waals surface area contributed by atoms with Gasteiger partial charge in [0.1, 0.15) is 11.6 Å². The Kier molecular flexibility index (Phi) is 4.81. The van der Waals surface area contributed by atoms with Crippen LogP contribution in [0.5, 0.6) is 0 Å². The average Bonchev–Trinajstić information content (AvgIpc) is 2.22. The molecule has 1 amide bonds. The van der Waals surface area contributed by atoms with Crippen molar-refractivity contribution in [2.45, 2.75) is 19.9 Å². The first-order valence-corrected chi connectivity index (χ1v) is 5.86. The van der Waals surface area contributed by atoms with Crippen LogP contribution in [0.4, 0.5) is 4.39 Å². The second-order valence-electron chi connectivity index (χ2n) is 3.86. The fraction of sp³-hybridized carbons (Fsp3) is 0.333. The quantitative estimate of drug-likeness (QED) is 0.802. The molecule has 1 aromatic rings. The van der Waals surface area contributed by atoms with Crippen LogP contribution in [0.3, 0.4) is 0 Å². The van der Waals surface area contributed by atoms with Crippen LogP contribution >= 0.6 is 15.9 Å². The van der Waals surface area contributed by atoms with Crippen LogP contribution in [-0.4, -0.2) is 23.6 Å². The molecule has 92 valence electrons. The van der Waals surface area contributed by atoms with Crippen molar-refractivity contribution < 1.29 is 14.0 Å². The van der Waals surface area contributed by atoms with Crippen LogP contribution in [0.1, 0.15) is 18.9 Å². The first-order valence-electron chi connectivity index (χ1n) is 5.07. The van der Waals surface area contributed by atoms with Gasteiger partial charge in [-0.1, -0.05) is 15.9 Å². The van der Waals surface area contributed by atoms with Crippen LogP contribution in [0.25, 0.3) is 0 Å². The van der Waals surface area contributed by atoms with Crippen molar-refractivity contribution >= 4 is 27.6 Å². The van der Waals surface area contributed by atoms with Gasteiger partial charge in [0.05, 0.1) is 6.42 Å². The van der Waals surface area contributed by atoms with E-state index in [-0.39, 0.29) is 30.5 Å². The minimum Gasteiger partial charge on any atom is -0.341 e. The van der Waals surface area contributed by atoms with Crippen LogP contribution in [0.2, 0.25) is 0 Å². The fourth-order valence-electron chi connectivity index (χ4n) is 1.36. The topological polar surface area (TPSA) is 37.4 Å². The Bertz CT molecular complexity index is 448. The van der Waals surface area contributed by atoms with E-state index in [0.29, 0.717) is 5.56 Å². The lowest BCUT2D eigenvalue weighted by Crippen LogP contribution is -2.27. The van der Waals surface area contributed by atoms with Gasteiger partial charge in [0, 0.05) is 23.6 Å². The lowest BCUT2D eigenvalue weighted by atomic mass is 10.2. The van der Waals surface area contributed by atoms with E-state index in [9.17, 15) is 14.0 Å². The van der Waals surface area contributed by atoms with Crippen LogP contribution in [0, 0.1) is 5.82 Å². The zero-order chi connectivity index (χ0) is 13.0. The van der Waals surface area contributed by atoms with Crippen LogP contribution in [-0.2, 0) is 16.1 Å². The average molecular weight is 302 g/mol. The number of halogens is 2. The second-order valence-corrected chi connectivity index (χ2v) is 4.78. The molecule has 0 saturated carbocycles. The van der Waals surface area contributed by atoms with Gasteiger partial charge in [0.25, 0.3) is 0 Å². The van der Waals surface area contributed by atoms with Gasteiger partial charge in [-0.05, 0) is 25.1 Å². The minimum atomic E-state index is -0.365. The van der Waals surface area contributed by atoms with Gasteiger partial charge in [0.2, 0.25) is 5.91 Å². The summed E-state index contributed by atoms with van der Waals surface area (Å²) in [4.78, 5) is 23.7. The van der Waals surface area contributed by atoms with Crippen molar-refractivity contribution in [2.75, 3.05) is 7.05 Å². The fourth-order valence-corrected chi connectivity index (χ4v) is 1.76. The highest BCUT2D eigenvalue weighted by molar-refractivity contribution is 9.10. The summed E-state index contributed by atoms with van der Waals surface area (Å²) in [5, 5.41) is 0. The van der Waals surface area contributed by atoms with Crippen molar-refractivity contribution in [3.8, 4) is 0 Å². The molecular formula is C12H13BrFNO2. The number of amides is 1. The Morgan fingerprint density at radius 1 is 1.41 bits per heavy atom. The highest BCUT2D eigenvalue weighted by Crippen LogP contribution is 2.17. The van der Waals surface area contributed by atoms with Gasteiger partial charge < -0.3 is 4.90 Å². The number of hydrogen-bond acceptors (Lipinski definition) is 2. The molecule has 0 fully saturated rings.